The Morgan fingerprint density at radius 1 is 1.59 bits per heavy atom. The number of halogens is 1. The van der Waals surface area contributed by atoms with E-state index in [4.69, 9.17) is 10.5 Å². The summed E-state index contributed by atoms with van der Waals surface area (Å²) in [5.74, 6) is -0.179. The number of amides is 1. The minimum Gasteiger partial charge on any atom is -0.385 e. The molecule has 1 amide bonds. The van der Waals surface area contributed by atoms with Crippen LogP contribution in [-0.2, 0) is 9.53 Å². The summed E-state index contributed by atoms with van der Waals surface area (Å²) in [7, 11) is 1.59. The van der Waals surface area contributed by atoms with Gasteiger partial charge in [0.1, 0.15) is 0 Å². The number of rotatable bonds is 5. The Balaban J connectivity index is 2.58. The molecule has 4 nitrogen and oxygen atoms in total. The van der Waals surface area contributed by atoms with Gasteiger partial charge in [-0.25, -0.2) is 0 Å². The molecule has 0 heterocycles. The predicted octanol–water partition coefficient (Wildman–Crippen LogP) is 1.90. The van der Waals surface area contributed by atoms with Crippen molar-refractivity contribution in [1.82, 2.24) is 0 Å². The molecule has 94 valence electrons. The highest BCUT2D eigenvalue weighted by atomic mass is 127. The quantitative estimate of drug-likeness (QED) is 0.799. The van der Waals surface area contributed by atoms with Crippen molar-refractivity contribution in [2.45, 2.75) is 19.4 Å². The molecular weight excluding hydrogens is 331 g/mol. The Morgan fingerprint density at radius 3 is 2.88 bits per heavy atom. The summed E-state index contributed by atoms with van der Waals surface area (Å²) in [6, 6.07) is 5.24. The van der Waals surface area contributed by atoms with Crippen molar-refractivity contribution in [1.29, 1.82) is 0 Å². The van der Waals surface area contributed by atoms with Gasteiger partial charge in [0.05, 0.1) is 6.04 Å². The van der Waals surface area contributed by atoms with E-state index in [0.29, 0.717) is 13.0 Å². The molecule has 0 aliphatic carbocycles. The molecule has 1 atom stereocenters. The van der Waals surface area contributed by atoms with Gasteiger partial charge in [0, 0.05) is 23.0 Å². The van der Waals surface area contributed by atoms with Crippen molar-refractivity contribution >= 4 is 34.2 Å². The molecule has 0 aliphatic rings. The summed E-state index contributed by atoms with van der Waals surface area (Å²) in [5.41, 5.74) is 7.69. The minimum atomic E-state index is -0.533. The van der Waals surface area contributed by atoms with Crippen LogP contribution < -0.4 is 11.1 Å². The SMILES string of the molecule is COCCC(N)C(=O)Nc1ccc(C)c(I)c1. The second-order valence-corrected chi connectivity index (χ2v) is 5.00. The van der Waals surface area contributed by atoms with Crippen LogP contribution in [0.4, 0.5) is 5.69 Å². The number of carbonyl (C=O) groups is 1. The van der Waals surface area contributed by atoms with E-state index in [-0.39, 0.29) is 5.91 Å². The highest BCUT2D eigenvalue weighted by molar-refractivity contribution is 14.1. The lowest BCUT2D eigenvalue weighted by atomic mass is 10.2. The van der Waals surface area contributed by atoms with Gasteiger partial charge in [0.2, 0.25) is 5.91 Å². The van der Waals surface area contributed by atoms with Crippen molar-refractivity contribution in [2.75, 3.05) is 19.0 Å². The fourth-order valence-electron chi connectivity index (χ4n) is 1.28. The first-order chi connectivity index (χ1) is 8.04. The zero-order valence-corrected chi connectivity index (χ0v) is 12.2. The third-order valence-corrected chi connectivity index (χ3v) is 3.57. The van der Waals surface area contributed by atoms with Gasteiger partial charge in [-0.2, -0.15) is 0 Å². The predicted molar refractivity (Wildman–Crippen MR) is 77.0 cm³/mol. The molecule has 17 heavy (non-hydrogen) atoms. The maximum Gasteiger partial charge on any atom is 0.241 e. The van der Waals surface area contributed by atoms with Crippen LogP contribution in [0.3, 0.4) is 0 Å². The van der Waals surface area contributed by atoms with Crippen molar-refractivity contribution in [3.05, 3.63) is 27.3 Å². The zero-order valence-electron chi connectivity index (χ0n) is 10.00. The lowest BCUT2D eigenvalue weighted by Gasteiger charge is -2.12. The molecule has 1 aromatic carbocycles. The summed E-state index contributed by atoms with van der Waals surface area (Å²) in [5, 5.41) is 2.79. The van der Waals surface area contributed by atoms with Crippen molar-refractivity contribution < 1.29 is 9.53 Å². The van der Waals surface area contributed by atoms with Crippen molar-refractivity contribution in [3.63, 3.8) is 0 Å². The van der Waals surface area contributed by atoms with Crippen LogP contribution in [-0.4, -0.2) is 25.7 Å². The van der Waals surface area contributed by atoms with Crippen LogP contribution in [0.15, 0.2) is 18.2 Å². The van der Waals surface area contributed by atoms with Crippen LogP contribution in [0.1, 0.15) is 12.0 Å². The van der Waals surface area contributed by atoms with Gasteiger partial charge in [-0.1, -0.05) is 6.07 Å². The minimum absolute atomic E-state index is 0.179. The Labute approximate surface area is 115 Å². The first-order valence-corrected chi connectivity index (χ1v) is 6.44. The summed E-state index contributed by atoms with van der Waals surface area (Å²) in [4.78, 5) is 11.7. The molecule has 1 aromatic rings. The molecule has 0 spiro atoms. The van der Waals surface area contributed by atoms with E-state index in [0.717, 1.165) is 9.26 Å². The van der Waals surface area contributed by atoms with E-state index in [1.807, 2.05) is 25.1 Å². The van der Waals surface area contributed by atoms with Crippen LogP contribution >= 0.6 is 22.6 Å². The van der Waals surface area contributed by atoms with E-state index in [1.165, 1.54) is 5.56 Å². The number of hydrogen-bond acceptors (Lipinski definition) is 3. The maximum atomic E-state index is 11.7. The van der Waals surface area contributed by atoms with Gasteiger partial charge in [0.15, 0.2) is 0 Å². The Bertz CT molecular complexity index is 396. The average Bonchev–Trinajstić information content (AvgIpc) is 2.30. The first-order valence-electron chi connectivity index (χ1n) is 5.36. The van der Waals surface area contributed by atoms with Crippen molar-refractivity contribution in [2.24, 2.45) is 5.73 Å². The number of anilines is 1. The average molecular weight is 348 g/mol. The third-order valence-electron chi connectivity index (χ3n) is 2.41. The van der Waals surface area contributed by atoms with Gasteiger partial charge in [-0.3, -0.25) is 4.79 Å². The highest BCUT2D eigenvalue weighted by Gasteiger charge is 2.13. The molecule has 0 saturated heterocycles. The summed E-state index contributed by atoms with van der Waals surface area (Å²) in [6.45, 7) is 2.51. The molecule has 0 bridgehead atoms. The molecule has 0 aromatic heterocycles. The summed E-state index contributed by atoms with van der Waals surface area (Å²) < 4.78 is 6.00. The van der Waals surface area contributed by atoms with E-state index >= 15 is 0 Å². The number of ether oxygens (including phenoxy) is 1. The summed E-state index contributed by atoms with van der Waals surface area (Å²) >= 11 is 2.23. The Hall–Kier alpha value is -0.660. The molecule has 0 saturated carbocycles. The highest BCUT2D eigenvalue weighted by Crippen LogP contribution is 2.17. The van der Waals surface area contributed by atoms with Crippen molar-refractivity contribution in [3.8, 4) is 0 Å². The van der Waals surface area contributed by atoms with E-state index in [2.05, 4.69) is 27.9 Å². The van der Waals surface area contributed by atoms with Gasteiger partial charge >= 0.3 is 0 Å². The van der Waals surface area contributed by atoms with Crippen LogP contribution in [0.5, 0.6) is 0 Å². The Morgan fingerprint density at radius 2 is 2.29 bits per heavy atom. The van der Waals surface area contributed by atoms with E-state index < -0.39 is 6.04 Å². The number of aryl methyl sites for hydroxylation is 1. The molecule has 1 unspecified atom stereocenters. The van der Waals surface area contributed by atoms with E-state index in [9.17, 15) is 4.79 Å². The number of methoxy groups -OCH3 is 1. The lowest BCUT2D eigenvalue weighted by Crippen LogP contribution is -2.36. The topological polar surface area (TPSA) is 64.3 Å². The van der Waals surface area contributed by atoms with Crippen LogP contribution in [0.25, 0.3) is 0 Å². The fourth-order valence-corrected chi connectivity index (χ4v) is 1.80. The van der Waals surface area contributed by atoms with Gasteiger partial charge in [-0.15, -0.1) is 0 Å². The normalized spacial score (nSPS) is 12.2. The third kappa shape index (κ3) is 4.61. The fraction of sp³-hybridized carbons (Fsp3) is 0.417. The molecule has 0 aliphatic heterocycles. The van der Waals surface area contributed by atoms with Crippen LogP contribution in [0.2, 0.25) is 0 Å². The molecule has 3 N–H and O–H groups in total. The monoisotopic (exact) mass is 348 g/mol. The van der Waals surface area contributed by atoms with Gasteiger partial charge in [0.25, 0.3) is 0 Å². The largest absolute Gasteiger partial charge is 0.385 e. The zero-order chi connectivity index (χ0) is 12.8. The smallest absolute Gasteiger partial charge is 0.241 e. The number of nitrogens with one attached hydrogen (secondary N) is 1. The second-order valence-electron chi connectivity index (χ2n) is 3.84. The molecule has 0 radical (unpaired) electrons. The van der Waals surface area contributed by atoms with Gasteiger partial charge < -0.3 is 15.8 Å². The number of benzene rings is 1. The van der Waals surface area contributed by atoms with E-state index in [1.54, 1.807) is 7.11 Å². The summed E-state index contributed by atoms with van der Waals surface area (Å²) in [6.07, 6.45) is 0.519. The molecule has 0 fully saturated rings. The Kier molecular flexibility index (Phi) is 5.87. The molecule has 5 heteroatoms. The second kappa shape index (κ2) is 6.93. The first kappa shape index (κ1) is 14.4. The van der Waals surface area contributed by atoms with Crippen LogP contribution in [0, 0.1) is 10.5 Å². The molecule has 1 rings (SSSR count). The number of nitrogens with two attached hydrogens (primary N) is 1. The number of carbonyl (C=O) groups excluding carboxylic acids is 1. The maximum absolute atomic E-state index is 11.7. The molecular formula is C12H17IN2O2. The standard InChI is InChI=1S/C12H17IN2O2/c1-8-3-4-9(7-10(8)13)15-12(16)11(14)5-6-17-2/h3-4,7,11H,5-6,14H2,1-2H3,(H,15,16). The number of hydrogen-bond donors (Lipinski definition) is 2. The van der Waals surface area contributed by atoms with Gasteiger partial charge in [-0.05, 0) is 53.6 Å². The lowest BCUT2D eigenvalue weighted by molar-refractivity contribution is -0.117.